The molecule has 5 heteroatoms. The average molecular weight is 312 g/mol. The lowest BCUT2D eigenvalue weighted by molar-refractivity contribution is 0.0757. The van der Waals surface area contributed by atoms with Crippen LogP contribution in [0.4, 0.5) is 4.39 Å². The van der Waals surface area contributed by atoms with Crippen molar-refractivity contribution in [3.8, 4) is 0 Å². The number of halogens is 1. The number of hydrogen-bond acceptors (Lipinski definition) is 3. The third-order valence-corrected chi connectivity index (χ3v) is 4.00. The summed E-state index contributed by atoms with van der Waals surface area (Å²) in [7, 11) is 0. The lowest BCUT2D eigenvalue weighted by Crippen LogP contribution is -2.34. The first-order chi connectivity index (χ1) is 10.0. The topological polar surface area (TPSA) is 23.6 Å². The Hall–Kier alpha value is -1.07. The number of carbonyl (C=O) groups is 1. The molecule has 0 bridgehead atoms. The number of amides is 1. The number of benzene rings is 1. The molecule has 0 unspecified atom stereocenters. The largest absolute Gasteiger partial charge is 0.339 e. The van der Waals surface area contributed by atoms with E-state index in [-0.39, 0.29) is 10.8 Å². The first kappa shape index (κ1) is 18.0. The Balaban J connectivity index is 2.62. The lowest BCUT2D eigenvalue weighted by Gasteiger charge is -2.23. The molecule has 1 aromatic rings. The molecule has 0 radical (unpaired) electrons. The molecule has 118 valence electrons. The maximum Gasteiger partial charge on any atom is 0.253 e. The smallest absolute Gasteiger partial charge is 0.253 e. The highest BCUT2D eigenvalue weighted by molar-refractivity contribution is 7.80. The summed E-state index contributed by atoms with van der Waals surface area (Å²) in [4.78, 5) is 16.7. The minimum atomic E-state index is -0.403. The van der Waals surface area contributed by atoms with E-state index in [4.69, 9.17) is 0 Å². The summed E-state index contributed by atoms with van der Waals surface area (Å²) in [6.07, 6.45) is 0.941. The van der Waals surface area contributed by atoms with E-state index in [0.29, 0.717) is 18.7 Å². The molecule has 0 aliphatic rings. The predicted molar refractivity (Wildman–Crippen MR) is 87.6 cm³/mol. The van der Waals surface area contributed by atoms with Gasteiger partial charge in [0.1, 0.15) is 5.82 Å². The van der Waals surface area contributed by atoms with Gasteiger partial charge in [0.25, 0.3) is 5.91 Å². The van der Waals surface area contributed by atoms with Crippen molar-refractivity contribution in [2.75, 3.05) is 32.7 Å². The zero-order chi connectivity index (χ0) is 15.8. The summed E-state index contributed by atoms with van der Waals surface area (Å²) in [6.45, 7) is 10.6. The van der Waals surface area contributed by atoms with Crippen LogP contribution in [-0.4, -0.2) is 48.4 Å². The number of hydrogen-bond donors (Lipinski definition) is 1. The third-order valence-electron chi connectivity index (χ3n) is 3.66. The van der Waals surface area contributed by atoms with Crippen molar-refractivity contribution < 1.29 is 9.18 Å². The Labute approximate surface area is 132 Å². The van der Waals surface area contributed by atoms with Gasteiger partial charge in [0.05, 0.1) is 0 Å². The molecule has 0 aliphatic heterocycles. The molecule has 0 aliphatic carbocycles. The summed E-state index contributed by atoms with van der Waals surface area (Å²) in [5.41, 5.74) is 0.492. The molecule has 1 amide bonds. The normalized spacial score (nSPS) is 11.0. The molecule has 1 aromatic carbocycles. The molecule has 0 saturated carbocycles. The quantitative estimate of drug-likeness (QED) is 0.745. The number of rotatable bonds is 8. The van der Waals surface area contributed by atoms with Crippen molar-refractivity contribution in [2.45, 2.75) is 32.1 Å². The van der Waals surface area contributed by atoms with Crippen molar-refractivity contribution in [3.63, 3.8) is 0 Å². The molecule has 0 heterocycles. The van der Waals surface area contributed by atoms with Gasteiger partial charge in [-0.1, -0.05) is 13.8 Å². The number of thiol groups is 1. The van der Waals surface area contributed by atoms with Crippen LogP contribution >= 0.6 is 12.6 Å². The molecule has 0 N–H and O–H groups in total. The number of carbonyl (C=O) groups excluding carboxylic acids is 1. The highest BCUT2D eigenvalue weighted by atomic mass is 32.1. The Morgan fingerprint density at radius 1 is 1.14 bits per heavy atom. The van der Waals surface area contributed by atoms with Gasteiger partial charge < -0.3 is 9.80 Å². The Morgan fingerprint density at radius 3 is 2.33 bits per heavy atom. The SMILES string of the molecule is CCN(CC)CCCN(CC)C(=O)c1ccc(F)c(S)c1. The average Bonchev–Trinajstić information content (AvgIpc) is 2.50. The van der Waals surface area contributed by atoms with E-state index in [1.807, 2.05) is 6.92 Å². The summed E-state index contributed by atoms with van der Waals surface area (Å²) in [5.74, 6) is -0.466. The first-order valence-corrected chi connectivity index (χ1v) is 7.98. The molecule has 0 fully saturated rings. The lowest BCUT2D eigenvalue weighted by atomic mass is 10.2. The Kier molecular flexibility index (Phi) is 7.75. The van der Waals surface area contributed by atoms with Crippen LogP contribution in [-0.2, 0) is 0 Å². The van der Waals surface area contributed by atoms with Crippen molar-refractivity contribution in [1.29, 1.82) is 0 Å². The molecular formula is C16H25FN2OS. The van der Waals surface area contributed by atoms with Gasteiger partial charge in [-0.15, -0.1) is 12.6 Å². The van der Waals surface area contributed by atoms with Gasteiger partial charge in [-0.2, -0.15) is 0 Å². The standard InChI is InChI=1S/C16H25FN2OS/c1-4-18(5-2)10-7-11-19(6-3)16(20)13-8-9-14(17)15(21)12-13/h8-9,12,21H,4-7,10-11H2,1-3H3. The van der Waals surface area contributed by atoms with E-state index in [1.165, 1.54) is 18.2 Å². The van der Waals surface area contributed by atoms with Gasteiger partial charge in [-0.3, -0.25) is 4.79 Å². The second-order valence-corrected chi connectivity index (χ2v) is 5.41. The van der Waals surface area contributed by atoms with E-state index in [2.05, 4.69) is 31.4 Å². The van der Waals surface area contributed by atoms with E-state index < -0.39 is 5.82 Å². The highest BCUT2D eigenvalue weighted by Gasteiger charge is 2.15. The summed E-state index contributed by atoms with van der Waals surface area (Å²) in [6, 6.07) is 4.30. The zero-order valence-electron chi connectivity index (χ0n) is 13.1. The van der Waals surface area contributed by atoms with Gasteiger partial charge in [0.2, 0.25) is 0 Å². The fourth-order valence-electron chi connectivity index (χ4n) is 2.26. The second-order valence-electron chi connectivity index (χ2n) is 4.93. The number of nitrogens with zero attached hydrogens (tertiary/aromatic N) is 2. The maximum absolute atomic E-state index is 13.2. The molecule has 21 heavy (non-hydrogen) atoms. The van der Waals surface area contributed by atoms with Crippen molar-refractivity contribution in [2.24, 2.45) is 0 Å². The van der Waals surface area contributed by atoms with Gasteiger partial charge in [0, 0.05) is 23.5 Å². The Bertz CT molecular complexity index is 464. The van der Waals surface area contributed by atoms with Crippen LogP contribution in [0.3, 0.4) is 0 Å². The highest BCUT2D eigenvalue weighted by Crippen LogP contribution is 2.16. The minimum Gasteiger partial charge on any atom is -0.339 e. The summed E-state index contributed by atoms with van der Waals surface area (Å²) in [5, 5.41) is 0. The molecule has 0 spiro atoms. The van der Waals surface area contributed by atoms with E-state index in [0.717, 1.165) is 26.1 Å². The summed E-state index contributed by atoms with van der Waals surface area (Å²) >= 11 is 4.03. The first-order valence-electron chi connectivity index (χ1n) is 7.53. The van der Waals surface area contributed by atoms with Crippen LogP contribution < -0.4 is 0 Å². The molecule has 3 nitrogen and oxygen atoms in total. The van der Waals surface area contributed by atoms with Crippen LogP contribution in [0.15, 0.2) is 23.1 Å². The summed E-state index contributed by atoms with van der Waals surface area (Å²) < 4.78 is 13.2. The third kappa shape index (κ3) is 5.32. The molecular weight excluding hydrogens is 287 g/mol. The van der Waals surface area contributed by atoms with Crippen LogP contribution in [0.2, 0.25) is 0 Å². The Morgan fingerprint density at radius 2 is 1.81 bits per heavy atom. The van der Waals surface area contributed by atoms with Crippen LogP contribution in [0.1, 0.15) is 37.6 Å². The van der Waals surface area contributed by atoms with E-state index in [1.54, 1.807) is 4.90 Å². The fourth-order valence-corrected chi connectivity index (χ4v) is 2.47. The zero-order valence-corrected chi connectivity index (χ0v) is 14.0. The van der Waals surface area contributed by atoms with Gasteiger partial charge in [-0.25, -0.2) is 4.39 Å². The second kappa shape index (κ2) is 9.05. The van der Waals surface area contributed by atoms with Crippen LogP contribution in [0, 0.1) is 5.82 Å². The van der Waals surface area contributed by atoms with Gasteiger partial charge >= 0.3 is 0 Å². The van der Waals surface area contributed by atoms with Crippen molar-refractivity contribution in [3.05, 3.63) is 29.6 Å². The van der Waals surface area contributed by atoms with Crippen molar-refractivity contribution in [1.82, 2.24) is 9.80 Å². The maximum atomic E-state index is 13.2. The molecule has 0 saturated heterocycles. The fraction of sp³-hybridized carbons (Fsp3) is 0.562. The van der Waals surface area contributed by atoms with Crippen molar-refractivity contribution >= 4 is 18.5 Å². The van der Waals surface area contributed by atoms with E-state index in [9.17, 15) is 9.18 Å². The molecule has 0 aromatic heterocycles. The van der Waals surface area contributed by atoms with Gasteiger partial charge in [0.15, 0.2) is 0 Å². The van der Waals surface area contributed by atoms with Gasteiger partial charge in [-0.05, 0) is 51.2 Å². The van der Waals surface area contributed by atoms with Crippen LogP contribution in [0.5, 0.6) is 0 Å². The minimum absolute atomic E-state index is 0.0626. The monoisotopic (exact) mass is 312 g/mol. The predicted octanol–water partition coefficient (Wildman–Crippen LogP) is 3.31. The van der Waals surface area contributed by atoms with E-state index >= 15 is 0 Å². The molecule has 1 rings (SSSR count). The van der Waals surface area contributed by atoms with Crippen LogP contribution in [0.25, 0.3) is 0 Å². The molecule has 0 atom stereocenters.